The fourth-order valence-electron chi connectivity index (χ4n) is 2.90. The molecular formula is C18H17N3O. The first kappa shape index (κ1) is 13.0. The van der Waals surface area contributed by atoms with Crippen LogP contribution in [0.5, 0.6) is 5.75 Å². The van der Waals surface area contributed by atoms with E-state index in [1.54, 1.807) is 0 Å². The molecule has 2 aromatic carbocycles. The van der Waals surface area contributed by atoms with Crippen molar-refractivity contribution in [2.45, 2.75) is 13.3 Å². The van der Waals surface area contributed by atoms with Crippen molar-refractivity contribution >= 4 is 23.3 Å². The van der Waals surface area contributed by atoms with Gasteiger partial charge in [-0.2, -0.15) is 0 Å². The van der Waals surface area contributed by atoms with Gasteiger partial charge in [0.05, 0.1) is 5.69 Å². The Kier molecular flexibility index (Phi) is 2.89. The number of hydrogen-bond acceptors (Lipinski definition) is 4. The number of fused-ring (bicyclic) bond motifs is 1. The molecule has 2 aromatic rings. The Labute approximate surface area is 129 Å². The lowest BCUT2D eigenvalue weighted by molar-refractivity contribution is 0.372. The SMILES string of the molecule is CC1C=NC2=C(C1)Oc1cccc(N)c1N2c1ccccc1. The third-order valence-electron chi connectivity index (χ3n) is 3.92. The van der Waals surface area contributed by atoms with Crippen molar-refractivity contribution in [3.8, 4) is 5.75 Å². The molecule has 0 radical (unpaired) electrons. The van der Waals surface area contributed by atoms with Gasteiger partial charge in [0, 0.05) is 18.3 Å². The summed E-state index contributed by atoms with van der Waals surface area (Å²) in [6.07, 6.45) is 2.82. The van der Waals surface area contributed by atoms with Crippen LogP contribution in [0.15, 0.2) is 65.1 Å². The van der Waals surface area contributed by atoms with E-state index in [0.717, 1.165) is 35.1 Å². The van der Waals surface area contributed by atoms with E-state index in [1.165, 1.54) is 0 Å². The fraction of sp³-hybridized carbons (Fsp3) is 0.167. The summed E-state index contributed by atoms with van der Waals surface area (Å²) >= 11 is 0. The molecule has 0 spiro atoms. The Bertz CT molecular complexity index is 780. The molecule has 0 saturated carbocycles. The molecule has 2 N–H and O–H groups in total. The van der Waals surface area contributed by atoms with Crippen molar-refractivity contribution in [2.75, 3.05) is 10.6 Å². The van der Waals surface area contributed by atoms with Crippen molar-refractivity contribution in [3.05, 3.63) is 60.1 Å². The highest BCUT2D eigenvalue weighted by Crippen LogP contribution is 2.47. The number of rotatable bonds is 1. The maximum Gasteiger partial charge on any atom is 0.176 e. The van der Waals surface area contributed by atoms with Crippen molar-refractivity contribution in [1.29, 1.82) is 0 Å². The first-order valence-corrected chi connectivity index (χ1v) is 7.43. The van der Waals surface area contributed by atoms with E-state index in [9.17, 15) is 0 Å². The van der Waals surface area contributed by atoms with Gasteiger partial charge in [0.2, 0.25) is 0 Å². The number of benzene rings is 2. The van der Waals surface area contributed by atoms with Crippen molar-refractivity contribution in [3.63, 3.8) is 0 Å². The van der Waals surface area contributed by atoms with Crippen LogP contribution in [-0.2, 0) is 0 Å². The molecule has 4 rings (SSSR count). The van der Waals surface area contributed by atoms with E-state index in [-0.39, 0.29) is 0 Å². The second-order valence-electron chi connectivity index (χ2n) is 5.67. The average Bonchev–Trinajstić information content (AvgIpc) is 2.54. The van der Waals surface area contributed by atoms with Gasteiger partial charge < -0.3 is 10.5 Å². The summed E-state index contributed by atoms with van der Waals surface area (Å²) in [7, 11) is 0. The molecule has 2 aliphatic rings. The Morgan fingerprint density at radius 1 is 1.14 bits per heavy atom. The molecule has 22 heavy (non-hydrogen) atoms. The van der Waals surface area contributed by atoms with E-state index in [4.69, 9.17) is 10.5 Å². The smallest absolute Gasteiger partial charge is 0.176 e. The molecule has 0 fully saturated rings. The number of allylic oxidation sites excluding steroid dienone is 1. The molecule has 0 aliphatic carbocycles. The largest absolute Gasteiger partial charge is 0.456 e. The van der Waals surface area contributed by atoms with Gasteiger partial charge in [0.25, 0.3) is 0 Å². The zero-order chi connectivity index (χ0) is 15.1. The highest BCUT2D eigenvalue weighted by molar-refractivity contribution is 5.86. The van der Waals surface area contributed by atoms with Crippen LogP contribution >= 0.6 is 0 Å². The number of hydrogen-bond donors (Lipinski definition) is 1. The molecule has 4 heteroatoms. The predicted molar refractivity (Wildman–Crippen MR) is 89.4 cm³/mol. The zero-order valence-corrected chi connectivity index (χ0v) is 12.4. The molecule has 2 heterocycles. The lowest BCUT2D eigenvalue weighted by atomic mass is 10.0. The monoisotopic (exact) mass is 291 g/mol. The summed E-state index contributed by atoms with van der Waals surface area (Å²) in [6.45, 7) is 2.14. The second kappa shape index (κ2) is 4.91. The number of nitrogens with two attached hydrogens (primary N) is 1. The Morgan fingerprint density at radius 3 is 2.77 bits per heavy atom. The standard InChI is InChI=1S/C18H17N3O/c1-12-10-16-18(20-11-12)21(13-6-3-2-4-7-13)17-14(19)8-5-9-15(17)22-16/h2-9,11-12H,10,19H2,1H3. The molecule has 0 saturated heterocycles. The Hall–Kier alpha value is -2.75. The van der Waals surface area contributed by atoms with Crippen LogP contribution in [0.1, 0.15) is 13.3 Å². The van der Waals surface area contributed by atoms with Gasteiger partial charge in [0.1, 0.15) is 11.4 Å². The second-order valence-corrected chi connectivity index (χ2v) is 5.67. The van der Waals surface area contributed by atoms with Crippen LogP contribution < -0.4 is 15.4 Å². The van der Waals surface area contributed by atoms with Gasteiger partial charge in [-0.15, -0.1) is 0 Å². The van der Waals surface area contributed by atoms with E-state index in [0.29, 0.717) is 11.6 Å². The van der Waals surface area contributed by atoms with Gasteiger partial charge in [0.15, 0.2) is 11.6 Å². The highest BCUT2D eigenvalue weighted by Gasteiger charge is 2.31. The summed E-state index contributed by atoms with van der Waals surface area (Å²) in [5, 5.41) is 0. The van der Waals surface area contributed by atoms with Gasteiger partial charge in [-0.3, -0.25) is 4.90 Å². The van der Waals surface area contributed by atoms with Crippen LogP contribution in [0.3, 0.4) is 0 Å². The minimum atomic E-state index is 0.374. The highest BCUT2D eigenvalue weighted by atomic mass is 16.5. The van der Waals surface area contributed by atoms with Gasteiger partial charge >= 0.3 is 0 Å². The summed E-state index contributed by atoms with van der Waals surface area (Å²) in [6, 6.07) is 15.9. The molecule has 2 aliphatic heterocycles. The van der Waals surface area contributed by atoms with Gasteiger partial charge in [-0.05, 0) is 30.2 Å². The van der Waals surface area contributed by atoms with Crippen LogP contribution in [0.4, 0.5) is 17.1 Å². The minimum absolute atomic E-state index is 0.374. The molecule has 0 amide bonds. The third-order valence-corrected chi connectivity index (χ3v) is 3.92. The maximum absolute atomic E-state index is 6.22. The number of aliphatic imine (C=N–C) groups is 1. The van der Waals surface area contributed by atoms with E-state index >= 15 is 0 Å². The normalized spacial score (nSPS) is 19.5. The third kappa shape index (κ3) is 1.96. The van der Waals surface area contributed by atoms with Crippen LogP contribution in [0, 0.1) is 5.92 Å². The molecule has 0 aromatic heterocycles. The Balaban J connectivity index is 1.94. The Morgan fingerprint density at radius 2 is 1.95 bits per heavy atom. The first-order chi connectivity index (χ1) is 10.7. The van der Waals surface area contributed by atoms with Crippen LogP contribution in [0.25, 0.3) is 0 Å². The average molecular weight is 291 g/mol. The van der Waals surface area contributed by atoms with E-state index in [1.807, 2.05) is 42.6 Å². The maximum atomic E-state index is 6.22. The van der Waals surface area contributed by atoms with Gasteiger partial charge in [-0.1, -0.05) is 31.2 Å². The lowest BCUT2D eigenvalue weighted by Gasteiger charge is -2.35. The molecule has 4 nitrogen and oxygen atoms in total. The summed E-state index contributed by atoms with van der Waals surface area (Å²) in [5.41, 5.74) is 8.80. The quantitative estimate of drug-likeness (QED) is 0.805. The van der Waals surface area contributed by atoms with Crippen molar-refractivity contribution in [1.82, 2.24) is 0 Å². The first-order valence-electron chi connectivity index (χ1n) is 7.43. The van der Waals surface area contributed by atoms with Crippen LogP contribution in [0.2, 0.25) is 0 Å². The van der Waals surface area contributed by atoms with E-state index in [2.05, 4.69) is 28.9 Å². The van der Waals surface area contributed by atoms with Crippen molar-refractivity contribution < 1.29 is 4.74 Å². The number of para-hydroxylation sites is 2. The summed E-state index contributed by atoms with van der Waals surface area (Å²) in [4.78, 5) is 6.72. The molecule has 0 bridgehead atoms. The number of anilines is 3. The predicted octanol–water partition coefficient (Wildman–Crippen LogP) is 4.08. The van der Waals surface area contributed by atoms with E-state index < -0.39 is 0 Å². The molecular weight excluding hydrogens is 274 g/mol. The number of nitrogens with zero attached hydrogens (tertiary/aromatic N) is 2. The van der Waals surface area contributed by atoms with Gasteiger partial charge in [-0.25, -0.2) is 4.99 Å². The molecule has 1 atom stereocenters. The van der Waals surface area contributed by atoms with Crippen LogP contribution in [-0.4, -0.2) is 6.21 Å². The fourth-order valence-corrected chi connectivity index (χ4v) is 2.90. The van der Waals surface area contributed by atoms with Crippen molar-refractivity contribution in [2.24, 2.45) is 10.9 Å². The summed E-state index contributed by atoms with van der Waals surface area (Å²) in [5.74, 6) is 2.89. The minimum Gasteiger partial charge on any atom is -0.456 e. The zero-order valence-electron chi connectivity index (χ0n) is 12.4. The number of nitrogen functional groups attached to an aromatic ring is 1. The summed E-state index contributed by atoms with van der Waals surface area (Å²) < 4.78 is 6.08. The lowest BCUT2D eigenvalue weighted by Crippen LogP contribution is -2.27. The number of ether oxygens (including phenoxy) is 1. The topological polar surface area (TPSA) is 50.9 Å². The molecule has 110 valence electrons. The molecule has 1 unspecified atom stereocenters.